The Hall–Kier alpha value is -0.930. The highest BCUT2D eigenvalue weighted by Crippen LogP contribution is 2.24. The minimum Gasteiger partial charge on any atom is -0.394 e. The molecule has 0 bridgehead atoms. The summed E-state index contributed by atoms with van der Waals surface area (Å²) >= 11 is 7.00. The van der Waals surface area contributed by atoms with E-state index in [1.54, 1.807) is 12.1 Å². The van der Waals surface area contributed by atoms with Crippen molar-refractivity contribution < 1.29 is 4.39 Å². The molecule has 0 atom stereocenters. The standard InChI is InChI=1S/C11H11ClFNS/c1-7(6-15-8(2)14)9-3-4-11(13)10(12)5-9/h3-6H,2,14H2,1H3/b7-6+. The van der Waals surface area contributed by atoms with E-state index in [1.807, 2.05) is 12.3 Å². The van der Waals surface area contributed by atoms with Gasteiger partial charge in [-0.25, -0.2) is 4.39 Å². The number of hydrogen-bond donors (Lipinski definition) is 1. The predicted octanol–water partition coefficient (Wildman–Crippen LogP) is 4.00. The fraction of sp³-hybridized carbons (Fsp3) is 0.0909. The van der Waals surface area contributed by atoms with Crippen molar-refractivity contribution in [3.05, 3.63) is 51.6 Å². The number of nitrogens with two attached hydrogens (primary N) is 1. The Morgan fingerprint density at radius 2 is 2.27 bits per heavy atom. The van der Waals surface area contributed by atoms with Gasteiger partial charge in [-0.05, 0) is 35.6 Å². The average molecular weight is 244 g/mol. The van der Waals surface area contributed by atoms with Crippen molar-refractivity contribution in [1.29, 1.82) is 0 Å². The molecule has 0 unspecified atom stereocenters. The van der Waals surface area contributed by atoms with Crippen LogP contribution in [0.5, 0.6) is 0 Å². The van der Waals surface area contributed by atoms with Crippen molar-refractivity contribution >= 4 is 28.9 Å². The number of hydrogen-bond acceptors (Lipinski definition) is 2. The van der Waals surface area contributed by atoms with Crippen LogP contribution in [0, 0.1) is 5.82 Å². The van der Waals surface area contributed by atoms with Crippen LogP contribution in [0.4, 0.5) is 4.39 Å². The Bertz CT molecular complexity index is 415. The normalized spacial score (nSPS) is 11.5. The molecular formula is C11H11ClFNS. The minimum absolute atomic E-state index is 0.122. The molecule has 0 heterocycles. The number of thioether (sulfide) groups is 1. The molecule has 0 aliphatic heterocycles. The monoisotopic (exact) mass is 243 g/mol. The molecule has 0 radical (unpaired) electrons. The van der Waals surface area contributed by atoms with Crippen molar-refractivity contribution in [2.24, 2.45) is 5.73 Å². The van der Waals surface area contributed by atoms with Crippen LogP contribution in [0.3, 0.4) is 0 Å². The quantitative estimate of drug-likeness (QED) is 0.868. The first-order valence-corrected chi connectivity index (χ1v) is 5.49. The highest BCUT2D eigenvalue weighted by Gasteiger charge is 2.02. The molecule has 80 valence electrons. The third-order valence-corrected chi connectivity index (χ3v) is 2.83. The number of halogens is 2. The van der Waals surface area contributed by atoms with Gasteiger partial charge in [-0.15, -0.1) is 0 Å². The smallest absolute Gasteiger partial charge is 0.141 e. The largest absolute Gasteiger partial charge is 0.394 e. The van der Waals surface area contributed by atoms with Crippen LogP contribution < -0.4 is 5.73 Å². The molecule has 0 aliphatic rings. The molecule has 0 fully saturated rings. The summed E-state index contributed by atoms with van der Waals surface area (Å²) in [6, 6.07) is 4.60. The molecule has 15 heavy (non-hydrogen) atoms. The van der Waals surface area contributed by atoms with Crippen molar-refractivity contribution in [1.82, 2.24) is 0 Å². The second kappa shape index (κ2) is 5.24. The molecule has 0 saturated carbocycles. The summed E-state index contributed by atoms with van der Waals surface area (Å²) in [6.45, 7) is 5.46. The van der Waals surface area contributed by atoms with Gasteiger partial charge in [0.05, 0.1) is 10.1 Å². The Morgan fingerprint density at radius 3 is 2.80 bits per heavy atom. The number of allylic oxidation sites excluding steroid dienone is 1. The van der Waals surface area contributed by atoms with Crippen LogP contribution in [-0.4, -0.2) is 0 Å². The molecule has 4 heteroatoms. The molecule has 1 rings (SSSR count). The Balaban J connectivity index is 2.91. The van der Waals surface area contributed by atoms with E-state index in [9.17, 15) is 4.39 Å². The lowest BCUT2D eigenvalue weighted by atomic mass is 10.1. The van der Waals surface area contributed by atoms with E-state index < -0.39 is 5.82 Å². The molecule has 0 aromatic heterocycles. The maximum absolute atomic E-state index is 12.9. The first-order chi connectivity index (χ1) is 7.00. The van der Waals surface area contributed by atoms with Crippen molar-refractivity contribution in [3.8, 4) is 0 Å². The topological polar surface area (TPSA) is 26.0 Å². The minimum atomic E-state index is -0.413. The Kier molecular flexibility index (Phi) is 4.24. The van der Waals surface area contributed by atoms with E-state index in [0.717, 1.165) is 11.1 Å². The van der Waals surface area contributed by atoms with Gasteiger partial charge in [0.15, 0.2) is 0 Å². The van der Waals surface area contributed by atoms with Crippen molar-refractivity contribution in [3.63, 3.8) is 0 Å². The molecule has 0 saturated heterocycles. The molecule has 2 N–H and O–H groups in total. The van der Waals surface area contributed by atoms with E-state index in [0.29, 0.717) is 5.03 Å². The zero-order valence-electron chi connectivity index (χ0n) is 8.26. The molecule has 1 nitrogen and oxygen atoms in total. The Labute approximate surface area is 97.8 Å². The summed E-state index contributed by atoms with van der Waals surface area (Å²) in [6.07, 6.45) is 0. The summed E-state index contributed by atoms with van der Waals surface area (Å²) in [7, 11) is 0. The van der Waals surface area contributed by atoms with Crippen LogP contribution in [0.2, 0.25) is 5.02 Å². The molecule has 1 aromatic rings. The van der Waals surface area contributed by atoms with Crippen LogP contribution >= 0.6 is 23.4 Å². The van der Waals surface area contributed by atoms with E-state index in [1.165, 1.54) is 17.8 Å². The van der Waals surface area contributed by atoms with Crippen molar-refractivity contribution in [2.45, 2.75) is 6.92 Å². The predicted molar refractivity (Wildman–Crippen MR) is 66.0 cm³/mol. The van der Waals surface area contributed by atoms with Gasteiger partial charge in [0, 0.05) is 0 Å². The first kappa shape index (κ1) is 12.1. The lowest BCUT2D eigenvalue weighted by Gasteiger charge is -2.03. The van der Waals surface area contributed by atoms with Gasteiger partial charge in [0.1, 0.15) is 5.82 Å². The SMILES string of the molecule is C=C(N)S/C=C(\C)c1ccc(F)c(Cl)c1. The van der Waals surface area contributed by atoms with Gasteiger partial charge in [-0.1, -0.05) is 36.0 Å². The summed E-state index contributed by atoms with van der Waals surface area (Å²) in [5, 5.41) is 2.49. The molecule has 0 spiro atoms. The van der Waals surface area contributed by atoms with Crippen LogP contribution in [0.15, 0.2) is 35.2 Å². The van der Waals surface area contributed by atoms with Crippen LogP contribution in [0.25, 0.3) is 5.57 Å². The Morgan fingerprint density at radius 1 is 1.60 bits per heavy atom. The average Bonchev–Trinajstić information content (AvgIpc) is 2.18. The van der Waals surface area contributed by atoms with Crippen LogP contribution in [-0.2, 0) is 0 Å². The zero-order chi connectivity index (χ0) is 11.4. The van der Waals surface area contributed by atoms with E-state index >= 15 is 0 Å². The van der Waals surface area contributed by atoms with E-state index in [4.69, 9.17) is 17.3 Å². The van der Waals surface area contributed by atoms with Gasteiger partial charge in [-0.3, -0.25) is 0 Å². The molecule has 1 aromatic carbocycles. The molecular weight excluding hydrogens is 233 g/mol. The second-order valence-corrected chi connectivity index (χ2v) is 4.42. The lowest BCUT2D eigenvalue weighted by Crippen LogP contribution is -1.87. The van der Waals surface area contributed by atoms with Gasteiger partial charge >= 0.3 is 0 Å². The van der Waals surface area contributed by atoms with E-state index in [-0.39, 0.29) is 5.02 Å². The highest BCUT2D eigenvalue weighted by atomic mass is 35.5. The summed E-state index contributed by atoms with van der Waals surface area (Å²) in [5.74, 6) is -0.413. The fourth-order valence-electron chi connectivity index (χ4n) is 0.974. The lowest BCUT2D eigenvalue weighted by molar-refractivity contribution is 0.628. The number of benzene rings is 1. The van der Waals surface area contributed by atoms with Gasteiger partial charge < -0.3 is 5.73 Å². The first-order valence-electron chi connectivity index (χ1n) is 4.24. The second-order valence-electron chi connectivity index (χ2n) is 3.01. The highest BCUT2D eigenvalue weighted by molar-refractivity contribution is 8.05. The van der Waals surface area contributed by atoms with Gasteiger partial charge in [-0.2, -0.15) is 0 Å². The molecule has 0 amide bonds. The van der Waals surface area contributed by atoms with Gasteiger partial charge in [0.25, 0.3) is 0 Å². The van der Waals surface area contributed by atoms with Crippen LogP contribution in [0.1, 0.15) is 12.5 Å². The fourth-order valence-corrected chi connectivity index (χ4v) is 1.62. The summed E-state index contributed by atoms with van der Waals surface area (Å²) in [5.41, 5.74) is 7.25. The third kappa shape index (κ3) is 3.61. The molecule has 0 aliphatic carbocycles. The van der Waals surface area contributed by atoms with E-state index in [2.05, 4.69) is 6.58 Å². The number of rotatable bonds is 3. The summed E-state index contributed by atoms with van der Waals surface area (Å²) < 4.78 is 12.9. The maximum atomic E-state index is 12.9. The zero-order valence-corrected chi connectivity index (χ0v) is 9.83. The van der Waals surface area contributed by atoms with Crippen molar-refractivity contribution in [2.75, 3.05) is 0 Å². The summed E-state index contributed by atoms with van der Waals surface area (Å²) in [4.78, 5) is 0. The maximum Gasteiger partial charge on any atom is 0.141 e. The third-order valence-electron chi connectivity index (χ3n) is 1.76. The van der Waals surface area contributed by atoms with Gasteiger partial charge in [0.2, 0.25) is 0 Å².